The van der Waals surface area contributed by atoms with E-state index >= 15 is 0 Å². The van der Waals surface area contributed by atoms with Gasteiger partial charge in [0.2, 0.25) is 0 Å². The van der Waals surface area contributed by atoms with E-state index in [-0.39, 0.29) is 6.61 Å². The van der Waals surface area contributed by atoms with Crippen LogP contribution < -0.4 is 19.6 Å². The number of hydrazone groups is 1. The summed E-state index contributed by atoms with van der Waals surface area (Å²) >= 11 is 0. The number of hydrogen-bond acceptors (Lipinski definition) is 6. The molecule has 3 rings (SSSR count). The van der Waals surface area contributed by atoms with Crippen LogP contribution in [0.2, 0.25) is 0 Å². The summed E-state index contributed by atoms with van der Waals surface area (Å²) in [6, 6.07) is 22.4. The van der Waals surface area contributed by atoms with E-state index < -0.39 is 11.9 Å². The van der Waals surface area contributed by atoms with E-state index in [0.29, 0.717) is 22.8 Å². The molecule has 0 aliphatic carbocycles. The quantitative estimate of drug-likeness (QED) is 0.260. The van der Waals surface area contributed by atoms with Crippen LogP contribution in [0.5, 0.6) is 17.2 Å². The van der Waals surface area contributed by atoms with Crippen molar-refractivity contribution >= 4 is 18.1 Å². The fraction of sp³-hybridized carbons (Fsp3) is 0.125. The van der Waals surface area contributed by atoms with Crippen molar-refractivity contribution in [3.8, 4) is 28.4 Å². The highest BCUT2D eigenvalue weighted by Gasteiger charge is 2.07. The van der Waals surface area contributed by atoms with Crippen molar-refractivity contribution in [2.45, 2.75) is 6.92 Å². The van der Waals surface area contributed by atoms with Gasteiger partial charge in [0.25, 0.3) is 5.91 Å². The highest BCUT2D eigenvalue weighted by Crippen LogP contribution is 2.27. The third-order valence-electron chi connectivity index (χ3n) is 4.18. The van der Waals surface area contributed by atoms with Crippen LogP contribution in [0.25, 0.3) is 11.1 Å². The van der Waals surface area contributed by atoms with E-state index in [1.165, 1.54) is 20.2 Å². The maximum absolute atomic E-state index is 12.0. The summed E-state index contributed by atoms with van der Waals surface area (Å²) in [7, 11) is 1.47. The molecule has 0 aliphatic rings. The molecule has 0 aliphatic heterocycles. The Morgan fingerprint density at radius 1 is 0.935 bits per heavy atom. The van der Waals surface area contributed by atoms with Crippen molar-refractivity contribution in [1.29, 1.82) is 0 Å². The number of rotatable bonds is 8. The van der Waals surface area contributed by atoms with Gasteiger partial charge in [0, 0.05) is 6.92 Å². The van der Waals surface area contributed by atoms with Crippen LogP contribution in [0.3, 0.4) is 0 Å². The minimum Gasteiger partial charge on any atom is -0.493 e. The average molecular weight is 418 g/mol. The van der Waals surface area contributed by atoms with Crippen LogP contribution in [0.1, 0.15) is 12.5 Å². The summed E-state index contributed by atoms with van der Waals surface area (Å²) in [4.78, 5) is 23.1. The van der Waals surface area contributed by atoms with Gasteiger partial charge >= 0.3 is 5.97 Å². The molecule has 0 saturated carbocycles. The van der Waals surface area contributed by atoms with Crippen LogP contribution in [-0.2, 0) is 9.59 Å². The van der Waals surface area contributed by atoms with Crippen molar-refractivity contribution in [2.75, 3.05) is 13.7 Å². The Kier molecular flexibility index (Phi) is 7.37. The van der Waals surface area contributed by atoms with Crippen LogP contribution in [0, 0.1) is 0 Å². The lowest BCUT2D eigenvalue weighted by Crippen LogP contribution is -2.24. The van der Waals surface area contributed by atoms with Gasteiger partial charge in [0.1, 0.15) is 5.75 Å². The number of methoxy groups -OCH3 is 1. The number of esters is 1. The lowest BCUT2D eigenvalue weighted by Gasteiger charge is -2.08. The molecule has 1 N–H and O–H groups in total. The number of carbonyl (C=O) groups excluding carboxylic acids is 2. The minimum absolute atomic E-state index is 0.170. The Bertz CT molecular complexity index is 1060. The highest BCUT2D eigenvalue weighted by atomic mass is 16.6. The topological polar surface area (TPSA) is 86.2 Å². The van der Waals surface area contributed by atoms with Crippen LogP contribution in [0.15, 0.2) is 77.9 Å². The Morgan fingerprint density at radius 3 is 2.32 bits per heavy atom. The molecule has 7 heteroatoms. The second kappa shape index (κ2) is 10.6. The number of benzene rings is 3. The minimum atomic E-state index is -0.443. The smallest absolute Gasteiger partial charge is 0.308 e. The van der Waals surface area contributed by atoms with Gasteiger partial charge in [-0.15, -0.1) is 0 Å². The van der Waals surface area contributed by atoms with Gasteiger partial charge in [-0.05, 0) is 47.0 Å². The molecule has 0 unspecified atom stereocenters. The first kappa shape index (κ1) is 21.6. The van der Waals surface area contributed by atoms with E-state index in [9.17, 15) is 9.59 Å². The first-order valence-corrected chi connectivity index (χ1v) is 9.52. The molecule has 3 aromatic rings. The molecule has 1 amide bonds. The molecule has 0 bridgehead atoms. The zero-order valence-corrected chi connectivity index (χ0v) is 17.2. The second-order valence-corrected chi connectivity index (χ2v) is 6.48. The fourth-order valence-electron chi connectivity index (χ4n) is 2.74. The molecule has 31 heavy (non-hydrogen) atoms. The maximum Gasteiger partial charge on any atom is 0.308 e. The molecule has 0 spiro atoms. The summed E-state index contributed by atoms with van der Waals surface area (Å²) in [6.07, 6.45) is 1.45. The molecule has 0 aromatic heterocycles. The fourth-order valence-corrected chi connectivity index (χ4v) is 2.74. The summed E-state index contributed by atoms with van der Waals surface area (Å²) in [5, 5.41) is 3.91. The second-order valence-electron chi connectivity index (χ2n) is 6.48. The Labute approximate surface area is 180 Å². The van der Waals surface area contributed by atoms with Crippen molar-refractivity contribution < 1.29 is 23.8 Å². The number of nitrogens with one attached hydrogen (secondary N) is 1. The summed E-state index contributed by atoms with van der Waals surface area (Å²) in [5.41, 5.74) is 5.24. The molecule has 158 valence electrons. The first-order chi connectivity index (χ1) is 15.0. The van der Waals surface area contributed by atoms with Gasteiger partial charge in [-0.3, -0.25) is 9.59 Å². The van der Waals surface area contributed by atoms with E-state index in [1.54, 1.807) is 18.2 Å². The predicted molar refractivity (Wildman–Crippen MR) is 117 cm³/mol. The van der Waals surface area contributed by atoms with E-state index in [4.69, 9.17) is 14.2 Å². The molecule has 0 fully saturated rings. The van der Waals surface area contributed by atoms with Crippen LogP contribution in [-0.4, -0.2) is 31.8 Å². The number of ether oxygens (including phenoxy) is 3. The first-order valence-electron chi connectivity index (χ1n) is 9.52. The monoisotopic (exact) mass is 418 g/mol. The van der Waals surface area contributed by atoms with Gasteiger partial charge in [-0.25, -0.2) is 5.43 Å². The van der Waals surface area contributed by atoms with E-state index in [2.05, 4.69) is 10.5 Å². The predicted octanol–water partition coefficient (Wildman–Crippen LogP) is 3.82. The molecule has 3 aromatic carbocycles. The molecular formula is C24H22N2O5. The standard InChI is InChI=1S/C24H22N2O5/c1-17(27)31-22-13-8-18(14-23(22)29-2)15-25-26-24(28)16-30-21-11-9-20(10-12-21)19-6-4-3-5-7-19/h3-15H,16H2,1-2H3,(H,26,28)/b25-15+. The van der Waals surface area contributed by atoms with E-state index in [1.807, 2.05) is 54.6 Å². The third kappa shape index (κ3) is 6.43. The zero-order valence-electron chi connectivity index (χ0n) is 17.2. The number of hydrogen-bond donors (Lipinski definition) is 1. The van der Waals surface area contributed by atoms with Crippen LogP contribution in [0.4, 0.5) is 0 Å². The maximum atomic E-state index is 12.0. The van der Waals surface area contributed by atoms with Gasteiger partial charge in [0.15, 0.2) is 18.1 Å². The molecule has 0 heterocycles. The average Bonchev–Trinajstić information content (AvgIpc) is 2.79. The SMILES string of the molecule is COc1cc(/C=N/NC(=O)COc2ccc(-c3ccccc3)cc2)ccc1OC(C)=O. The van der Waals surface area contributed by atoms with Crippen molar-refractivity contribution in [1.82, 2.24) is 5.43 Å². The number of nitrogens with zero attached hydrogens (tertiary/aromatic N) is 1. The Morgan fingerprint density at radius 2 is 1.65 bits per heavy atom. The van der Waals surface area contributed by atoms with Gasteiger partial charge in [0.05, 0.1) is 13.3 Å². The Balaban J connectivity index is 1.50. The lowest BCUT2D eigenvalue weighted by molar-refractivity contribution is -0.132. The zero-order chi connectivity index (χ0) is 22.1. The lowest BCUT2D eigenvalue weighted by atomic mass is 10.1. The normalized spacial score (nSPS) is 10.5. The van der Waals surface area contributed by atoms with E-state index in [0.717, 1.165) is 11.1 Å². The molecule has 0 radical (unpaired) electrons. The van der Waals surface area contributed by atoms with Gasteiger partial charge in [-0.1, -0.05) is 42.5 Å². The van der Waals surface area contributed by atoms with Crippen molar-refractivity contribution in [3.05, 3.63) is 78.4 Å². The number of carbonyl (C=O) groups is 2. The molecule has 7 nitrogen and oxygen atoms in total. The molecular weight excluding hydrogens is 396 g/mol. The highest BCUT2D eigenvalue weighted by molar-refractivity contribution is 5.84. The summed E-state index contributed by atoms with van der Waals surface area (Å²) < 4.78 is 15.7. The largest absolute Gasteiger partial charge is 0.493 e. The van der Waals surface area contributed by atoms with Crippen molar-refractivity contribution in [2.24, 2.45) is 5.10 Å². The summed E-state index contributed by atoms with van der Waals surface area (Å²) in [6.45, 7) is 1.14. The van der Waals surface area contributed by atoms with Gasteiger partial charge in [-0.2, -0.15) is 5.10 Å². The third-order valence-corrected chi connectivity index (χ3v) is 4.18. The van der Waals surface area contributed by atoms with Crippen LogP contribution >= 0.6 is 0 Å². The molecule has 0 saturated heterocycles. The number of amides is 1. The van der Waals surface area contributed by atoms with Crippen molar-refractivity contribution in [3.63, 3.8) is 0 Å². The summed E-state index contributed by atoms with van der Waals surface area (Å²) in [5.74, 6) is 0.439. The van der Waals surface area contributed by atoms with Gasteiger partial charge < -0.3 is 14.2 Å². The Hall–Kier alpha value is -4.13. The molecule has 0 atom stereocenters.